The molecule has 1 saturated heterocycles. The average Bonchev–Trinajstić information content (AvgIpc) is 3.33. The largest absolute Gasteiger partial charge is 0.278 e. The predicted molar refractivity (Wildman–Crippen MR) is 116 cm³/mol. The molecule has 4 aromatic rings. The maximum Gasteiger partial charge on any atom is 0.217 e. The van der Waals surface area contributed by atoms with E-state index in [0.29, 0.717) is 17.5 Å². The normalized spacial score (nSPS) is 17.9. The Balaban J connectivity index is 1.43. The minimum atomic E-state index is 0.330. The number of benzene rings is 2. The lowest BCUT2D eigenvalue weighted by molar-refractivity contribution is 0.103. The van der Waals surface area contributed by atoms with E-state index in [9.17, 15) is 0 Å². The number of H-pyrrole nitrogens is 1. The lowest BCUT2D eigenvalue weighted by atomic mass is 10.0. The van der Waals surface area contributed by atoms with Gasteiger partial charge < -0.3 is 0 Å². The highest BCUT2D eigenvalue weighted by Gasteiger charge is 2.27. The number of thiazole rings is 1. The van der Waals surface area contributed by atoms with Crippen molar-refractivity contribution < 1.29 is 0 Å². The molecule has 1 aliphatic rings. The number of likely N-dealkylation sites (tertiary alicyclic amines) is 1. The third-order valence-electron chi connectivity index (χ3n) is 5.26. The maximum absolute atomic E-state index is 5.53. The Kier molecular flexibility index (Phi) is 4.80. The molecule has 0 aliphatic carbocycles. The average molecular weight is 408 g/mol. The van der Waals surface area contributed by atoms with Crippen molar-refractivity contribution in [1.29, 1.82) is 0 Å². The molecule has 1 fully saturated rings. The summed E-state index contributed by atoms with van der Waals surface area (Å²) in [7, 11) is 0. The number of nitrogens with zero attached hydrogens (tertiary/aromatic N) is 4. The highest BCUT2D eigenvalue weighted by molar-refractivity contribution is 7.71. The Hall–Kier alpha value is -2.35. The quantitative estimate of drug-likeness (QED) is 0.460. The first-order valence-electron chi connectivity index (χ1n) is 9.60. The summed E-state index contributed by atoms with van der Waals surface area (Å²) in [4.78, 5) is 12.0. The van der Waals surface area contributed by atoms with Crippen molar-refractivity contribution in [2.75, 3.05) is 6.54 Å². The van der Waals surface area contributed by atoms with Crippen molar-refractivity contribution in [2.45, 2.75) is 32.0 Å². The molecule has 0 unspecified atom stereocenters. The predicted octanol–water partition coefficient (Wildman–Crippen LogP) is 5.40. The lowest BCUT2D eigenvalue weighted by Crippen LogP contribution is -2.35. The van der Waals surface area contributed by atoms with Gasteiger partial charge in [0, 0.05) is 12.1 Å². The van der Waals surface area contributed by atoms with Crippen molar-refractivity contribution in [1.82, 2.24) is 24.6 Å². The number of nitrogens with one attached hydrogen (secondary N) is 1. The van der Waals surface area contributed by atoms with E-state index in [1.165, 1.54) is 22.5 Å². The smallest absolute Gasteiger partial charge is 0.217 e. The lowest BCUT2D eigenvalue weighted by Gasteiger charge is -2.34. The maximum atomic E-state index is 5.53. The molecule has 1 atom stereocenters. The van der Waals surface area contributed by atoms with Gasteiger partial charge in [0.15, 0.2) is 5.82 Å². The first-order chi connectivity index (χ1) is 13.8. The van der Waals surface area contributed by atoms with Crippen LogP contribution in [0.15, 0.2) is 54.6 Å². The molecule has 0 radical (unpaired) electrons. The van der Waals surface area contributed by atoms with Crippen LogP contribution in [0, 0.1) is 4.77 Å². The van der Waals surface area contributed by atoms with Gasteiger partial charge in [0.05, 0.1) is 22.9 Å². The van der Waals surface area contributed by atoms with E-state index in [0.717, 1.165) is 29.9 Å². The molecule has 3 heterocycles. The summed E-state index contributed by atoms with van der Waals surface area (Å²) in [6, 6.07) is 18.8. The Morgan fingerprint density at radius 1 is 1.04 bits per heavy atom. The van der Waals surface area contributed by atoms with Crippen LogP contribution in [0.4, 0.5) is 0 Å². The third kappa shape index (κ3) is 3.41. The van der Waals surface area contributed by atoms with Gasteiger partial charge in [0.1, 0.15) is 5.01 Å². The number of fused-ring (bicyclic) bond motifs is 1. The van der Waals surface area contributed by atoms with Gasteiger partial charge in [0.25, 0.3) is 0 Å². The number of piperidine rings is 1. The van der Waals surface area contributed by atoms with Crippen LogP contribution in [-0.2, 0) is 6.67 Å². The molecule has 2 aromatic heterocycles. The van der Waals surface area contributed by atoms with Gasteiger partial charge in [-0.15, -0.1) is 11.3 Å². The molecule has 1 N–H and O–H groups in total. The van der Waals surface area contributed by atoms with Crippen LogP contribution in [0.1, 0.15) is 30.3 Å². The minimum absolute atomic E-state index is 0.330. The number of hydrogen-bond donors (Lipinski definition) is 1. The van der Waals surface area contributed by atoms with Gasteiger partial charge in [-0.2, -0.15) is 4.98 Å². The van der Waals surface area contributed by atoms with Gasteiger partial charge >= 0.3 is 0 Å². The molecular formula is C21H21N5S2. The van der Waals surface area contributed by atoms with Crippen molar-refractivity contribution >= 4 is 33.8 Å². The number of rotatable bonds is 4. The number of hydrogen-bond acceptors (Lipinski definition) is 5. The second kappa shape index (κ2) is 7.58. The summed E-state index contributed by atoms with van der Waals surface area (Å²) in [5.41, 5.74) is 2.14. The molecule has 5 rings (SSSR count). The van der Waals surface area contributed by atoms with Gasteiger partial charge in [-0.05, 0) is 37.2 Å². The first kappa shape index (κ1) is 17.7. The van der Waals surface area contributed by atoms with Crippen LogP contribution < -0.4 is 0 Å². The van der Waals surface area contributed by atoms with Gasteiger partial charge in [-0.25, -0.2) is 9.67 Å². The minimum Gasteiger partial charge on any atom is -0.278 e. The number of aromatic amines is 1. The SMILES string of the molecule is S=c1nc(-c2ccccc2)[nH]n1CN1CCCC[C@H]1c1nc2ccccc2s1. The van der Waals surface area contributed by atoms with E-state index in [4.69, 9.17) is 17.2 Å². The van der Waals surface area contributed by atoms with Crippen molar-refractivity contribution in [3.63, 3.8) is 0 Å². The molecule has 28 heavy (non-hydrogen) atoms. The molecule has 1 aliphatic heterocycles. The van der Waals surface area contributed by atoms with Crippen LogP contribution >= 0.6 is 23.6 Å². The van der Waals surface area contributed by atoms with E-state index in [1.807, 2.05) is 46.4 Å². The summed E-state index contributed by atoms with van der Waals surface area (Å²) in [5.74, 6) is 0.819. The fourth-order valence-electron chi connectivity index (χ4n) is 3.83. The molecular weight excluding hydrogens is 386 g/mol. The van der Waals surface area contributed by atoms with Crippen LogP contribution in [0.25, 0.3) is 21.6 Å². The second-order valence-corrected chi connectivity index (χ2v) is 8.56. The van der Waals surface area contributed by atoms with E-state index >= 15 is 0 Å². The van der Waals surface area contributed by atoms with Gasteiger partial charge in [-0.3, -0.25) is 10.00 Å². The summed E-state index contributed by atoms with van der Waals surface area (Å²) in [6.07, 6.45) is 3.57. The fraction of sp³-hybridized carbons (Fsp3) is 0.286. The number of aromatic nitrogens is 4. The monoisotopic (exact) mass is 407 g/mol. The Labute approximate surface area is 172 Å². The summed E-state index contributed by atoms with van der Waals surface area (Å²) in [5, 5.41) is 4.59. The highest BCUT2D eigenvalue weighted by atomic mass is 32.1. The van der Waals surface area contributed by atoms with E-state index in [2.05, 4.69) is 39.2 Å². The van der Waals surface area contributed by atoms with Crippen LogP contribution in [0.3, 0.4) is 0 Å². The molecule has 142 valence electrons. The zero-order valence-corrected chi connectivity index (χ0v) is 17.0. The fourth-order valence-corrected chi connectivity index (χ4v) is 5.16. The summed E-state index contributed by atoms with van der Waals surface area (Å²) in [6.45, 7) is 1.75. The van der Waals surface area contributed by atoms with Crippen LogP contribution in [-0.4, -0.2) is 31.2 Å². The zero-order chi connectivity index (χ0) is 18.9. The van der Waals surface area contributed by atoms with Gasteiger partial charge in [0.2, 0.25) is 4.77 Å². The summed E-state index contributed by atoms with van der Waals surface area (Å²) >= 11 is 7.34. The Morgan fingerprint density at radius 2 is 1.86 bits per heavy atom. The molecule has 0 saturated carbocycles. The van der Waals surface area contributed by atoms with Crippen molar-refractivity contribution in [2.24, 2.45) is 0 Å². The van der Waals surface area contributed by atoms with Crippen molar-refractivity contribution in [3.8, 4) is 11.4 Å². The van der Waals surface area contributed by atoms with Crippen LogP contribution in [0.5, 0.6) is 0 Å². The second-order valence-electron chi connectivity index (χ2n) is 7.13. The van der Waals surface area contributed by atoms with E-state index in [-0.39, 0.29) is 0 Å². The molecule has 0 spiro atoms. The topological polar surface area (TPSA) is 49.7 Å². The molecule has 7 heteroatoms. The standard InChI is InChI=1S/C21H21N5S2/c27-21-23-19(15-8-2-1-3-9-15)24-26(21)14-25-13-7-6-11-17(25)20-22-16-10-4-5-12-18(16)28-20/h1-5,8-10,12,17H,6-7,11,13-14H2,(H,23,24,27)/t17-/m0/s1. The molecule has 0 bridgehead atoms. The number of para-hydroxylation sites is 1. The van der Waals surface area contributed by atoms with Crippen LogP contribution in [0.2, 0.25) is 0 Å². The molecule has 0 amide bonds. The highest BCUT2D eigenvalue weighted by Crippen LogP contribution is 2.35. The van der Waals surface area contributed by atoms with Crippen molar-refractivity contribution in [3.05, 3.63) is 64.4 Å². The summed E-state index contributed by atoms with van der Waals surface area (Å²) < 4.78 is 3.82. The molecule has 2 aromatic carbocycles. The van der Waals surface area contributed by atoms with E-state index in [1.54, 1.807) is 0 Å². The Bertz CT molecular complexity index is 1110. The van der Waals surface area contributed by atoms with E-state index < -0.39 is 0 Å². The zero-order valence-electron chi connectivity index (χ0n) is 15.4. The third-order valence-corrected chi connectivity index (χ3v) is 6.71. The Morgan fingerprint density at radius 3 is 2.71 bits per heavy atom. The molecule has 5 nitrogen and oxygen atoms in total. The first-order valence-corrected chi connectivity index (χ1v) is 10.8. The van der Waals surface area contributed by atoms with Gasteiger partial charge in [-0.1, -0.05) is 48.9 Å².